The van der Waals surface area contributed by atoms with Crippen LogP contribution in [0.2, 0.25) is 0 Å². The van der Waals surface area contributed by atoms with Crippen molar-refractivity contribution in [3.63, 3.8) is 0 Å². The van der Waals surface area contributed by atoms with E-state index in [1.165, 1.54) is 5.56 Å². The Labute approximate surface area is 140 Å². The van der Waals surface area contributed by atoms with E-state index >= 15 is 0 Å². The number of ether oxygens (including phenoxy) is 1. The van der Waals surface area contributed by atoms with Gasteiger partial charge in [0, 0.05) is 18.7 Å². The van der Waals surface area contributed by atoms with Crippen LogP contribution in [0, 0.1) is 0 Å². The lowest BCUT2D eigenvalue weighted by molar-refractivity contribution is -0.139. The average molecular weight is 321 g/mol. The minimum absolute atomic E-state index is 0.343. The lowest BCUT2D eigenvalue weighted by Gasteiger charge is -2.14. The van der Waals surface area contributed by atoms with Crippen LogP contribution < -0.4 is 10.1 Å². The maximum Gasteiger partial charge on any atom is 0.341 e. The van der Waals surface area contributed by atoms with Gasteiger partial charge in [-0.1, -0.05) is 60.7 Å². The van der Waals surface area contributed by atoms with Gasteiger partial charge in [0.2, 0.25) is 0 Å². The number of carboxylic acids is 1. The molecule has 0 unspecified atom stereocenters. The number of rotatable bonds is 7. The molecule has 0 aromatic heterocycles. The third kappa shape index (κ3) is 3.91. The zero-order valence-electron chi connectivity index (χ0n) is 13.2. The molecule has 0 aliphatic heterocycles. The Morgan fingerprint density at radius 3 is 2.46 bits per heavy atom. The largest absolute Gasteiger partial charge is 0.482 e. The molecular formula is C20H19NO3. The molecule has 3 rings (SSSR count). The maximum absolute atomic E-state index is 10.8. The fourth-order valence-electron chi connectivity index (χ4n) is 2.70. The Balaban J connectivity index is 1.82. The molecule has 0 saturated heterocycles. The third-order valence-electron chi connectivity index (χ3n) is 3.82. The van der Waals surface area contributed by atoms with E-state index < -0.39 is 5.97 Å². The number of aliphatic carboxylic acids is 1. The van der Waals surface area contributed by atoms with E-state index in [1.54, 1.807) is 0 Å². The quantitative estimate of drug-likeness (QED) is 0.698. The minimum atomic E-state index is -0.980. The predicted octanol–water partition coefficient (Wildman–Crippen LogP) is 3.59. The van der Waals surface area contributed by atoms with Crippen LogP contribution in [0.25, 0.3) is 10.8 Å². The fourth-order valence-corrected chi connectivity index (χ4v) is 2.70. The number of carboxylic acid groups (broad SMARTS) is 1. The van der Waals surface area contributed by atoms with Gasteiger partial charge in [-0.3, -0.25) is 0 Å². The van der Waals surface area contributed by atoms with Crippen molar-refractivity contribution in [3.8, 4) is 5.75 Å². The molecule has 0 radical (unpaired) electrons. The summed E-state index contributed by atoms with van der Waals surface area (Å²) in [5.41, 5.74) is 2.18. The second-order valence-corrected chi connectivity index (χ2v) is 5.53. The molecule has 0 aliphatic rings. The number of hydrogen-bond acceptors (Lipinski definition) is 3. The summed E-state index contributed by atoms with van der Waals surface area (Å²) in [4.78, 5) is 10.8. The molecule has 122 valence electrons. The first kappa shape index (κ1) is 16.0. The SMILES string of the molecule is O=C(O)COc1ccc2ccccc2c1CNCc1ccccc1. The van der Waals surface area contributed by atoms with Gasteiger partial charge in [0.1, 0.15) is 5.75 Å². The van der Waals surface area contributed by atoms with Crippen LogP contribution in [0.15, 0.2) is 66.7 Å². The Morgan fingerprint density at radius 1 is 0.917 bits per heavy atom. The van der Waals surface area contributed by atoms with Gasteiger partial charge >= 0.3 is 5.97 Å². The number of fused-ring (bicyclic) bond motifs is 1. The van der Waals surface area contributed by atoms with Crippen molar-refractivity contribution in [1.29, 1.82) is 0 Å². The predicted molar refractivity (Wildman–Crippen MR) is 94.1 cm³/mol. The van der Waals surface area contributed by atoms with E-state index in [4.69, 9.17) is 9.84 Å². The summed E-state index contributed by atoms with van der Waals surface area (Å²) in [7, 11) is 0. The molecule has 0 saturated carbocycles. The Kier molecular flexibility index (Phi) is 5.08. The van der Waals surface area contributed by atoms with Crippen molar-refractivity contribution in [2.75, 3.05) is 6.61 Å². The molecule has 4 heteroatoms. The molecular weight excluding hydrogens is 302 g/mol. The van der Waals surface area contributed by atoms with Gasteiger partial charge in [-0.25, -0.2) is 4.79 Å². The zero-order chi connectivity index (χ0) is 16.8. The van der Waals surface area contributed by atoms with Gasteiger partial charge in [0.15, 0.2) is 6.61 Å². The van der Waals surface area contributed by atoms with E-state index in [1.807, 2.05) is 54.6 Å². The minimum Gasteiger partial charge on any atom is -0.482 e. The fraction of sp³-hybridized carbons (Fsp3) is 0.150. The second-order valence-electron chi connectivity index (χ2n) is 5.53. The summed E-state index contributed by atoms with van der Waals surface area (Å²) in [5, 5.41) is 14.5. The lowest BCUT2D eigenvalue weighted by atomic mass is 10.0. The molecule has 0 atom stereocenters. The first-order valence-electron chi connectivity index (χ1n) is 7.84. The lowest BCUT2D eigenvalue weighted by Crippen LogP contribution is -2.15. The second kappa shape index (κ2) is 7.62. The van der Waals surface area contributed by atoms with Gasteiger partial charge < -0.3 is 15.2 Å². The van der Waals surface area contributed by atoms with Crippen molar-refractivity contribution in [2.24, 2.45) is 0 Å². The van der Waals surface area contributed by atoms with Crippen LogP contribution in [0.5, 0.6) is 5.75 Å². The number of benzene rings is 3. The molecule has 3 aromatic carbocycles. The molecule has 0 amide bonds. The zero-order valence-corrected chi connectivity index (χ0v) is 13.2. The molecule has 0 spiro atoms. The summed E-state index contributed by atoms with van der Waals surface area (Å²) in [6.07, 6.45) is 0. The van der Waals surface area contributed by atoms with E-state index in [-0.39, 0.29) is 6.61 Å². The number of hydrogen-bond donors (Lipinski definition) is 2. The molecule has 0 aliphatic carbocycles. The first-order valence-corrected chi connectivity index (χ1v) is 7.84. The van der Waals surface area contributed by atoms with E-state index in [2.05, 4.69) is 17.4 Å². The first-order chi connectivity index (χ1) is 11.7. The van der Waals surface area contributed by atoms with Crippen LogP contribution in [-0.2, 0) is 17.9 Å². The summed E-state index contributed by atoms with van der Waals surface area (Å²) in [5.74, 6) is -0.372. The normalized spacial score (nSPS) is 10.7. The molecule has 3 aromatic rings. The summed E-state index contributed by atoms with van der Waals surface area (Å²) in [6, 6.07) is 22.0. The molecule has 0 bridgehead atoms. The van der Waals surface area contributed by atoms with Crippen molar-refractivity contribution < 1.29 is 14.6 Å². The highest BCUT2D eigenvalue weighted by molar-refractivity contribution is 5.87. The molecule has 0 heterocycles. The molecule has 2 N–H and O–H groups in total. The monoisotopic (exact) mass is 321 g/mol. The van der Waals surface area contributed by atoms with E-state index in [0.29, 0.717) is 12.3 Å². The van der Waals surface area contributed by atoms with Crippen molar-refractivity contribution in [2.45, 2.75) is 13.1 Å². The Bertz CT molecular complexity index is 831. The summed E-state index contributed by atoms with van der Waals surface area (Å²) in [6.45, 7) is 0.998. The van der Waals surface area contributed by atoms with Crippen LogP contribution >= 0.6 is 0 Å². The smallest absolute Gasteiger partial charge is 0.341 e. The van der Waals surface area contributed by atoms with Crippen molar-refractivity contribution >= 4 is 16.7 Å². The van der Waals surface area contributed by atoms with Crippen LogP contribution in [-0.4, -0.2) is 17.7 Å². The molecule has 0 fully saturated rings. The number of carbonyl (C=O) groups is 1. The summed E-state index contributed by atoms with van der Waals surface area (Å²) < 4.78 is 5.47. The molecule has 4 nitrogen and oxygen atoms in total. The van der Waals surface area contributed by atoms with Crippen LogP contribution in [0.1, 0.15) is 11.1 Å². The average Bonchev–Trinajstić information content (AvgIpc) is 2.61. The third-order valence-corrected chi connectivity index (χ3v) is 3.82. The van der Waals surface area contributed by atoms with Crippen LogP contribution in [0.4, 0.5) is 0 Å². The van der Waals surface area contributed by atoms with E-state index in [0.717, 1.165) is 22.9 Å². The van der Waals surface area contributed by atoms with E-state index in [9.17, 15) is 4.79 Å². The van der Waals surface area contributed by atoms with Gasteiger partial charge in [-0.2, -0.15) is 0 Å². The van der Waals surface area contributed by atoms with Crippen molar-refractivity contribution in [3.05, 3.63) is 77.9 Å². The van der Waals surface area contributed by atoms with Gasteiger partial charge in [-0.15, -0.1) is 0 Å². The van der Waals surface area contributed by atoms with Gasteiger partial charge in [0.25, 0.3) is 0 Å². The van der Waals surface area contributed by atoms with Crippen LogP contribution in [0.3, 0.4) is 0 Å². The highest BCUT2D eigenvalue weighted by Gasteiger charge is 2.10. The van der Waals surface area contributed by atoms with Gasteiger partial charge in [0.05, 0.1) is 0 Å². The van der Waals surface area contributed by atoms with Gasteiger partial charge in [-0.05, 0) is 22.4 Å². The van der Waals surface area contributed by atoms with Crippen molar-refractivity contribution in [1.82, 2.24) is 5.32 Å². The topological polar surface area (TPSA) is 58.6 Å². The number of nitrogens with one attached hydrogen (secondary N) is 1. The Morgan fingerprint density at radius 2 is 1.67 bits per heavy atom. The standard InChI is InChI=1S/C20H19NO3/c22-20(23)14-24-19-11-10-16-8-4-5-9-17(16)18(19)13-21-12-15-6-2-1-3-7-15/h1-11,21H,12-14H2,(H,22,23). The maximum atomic E-state index is 10.8. The highest BCUT2D eigenvalue weighted by atomic mass is 16.5. The highest BCUT2D eigenvalue weighted by Crippen LogP contribution is 2.28. The summed E-state index contributed by atoms with van der Waals surface area (Å²) >= 11 is 0. The molecule has 24 heavy (non-hydrogen) atoms. The Hall–Kier alpha value is -2.85.